The number of benzene rings is 1. The largest absolute Gasteiger partial charge is 0.445 e. The number of carbonyl (C=O) groups is 1. The first-order valence-electron chi connectivity index (χ1n) is 8.45. The average molecular weight is 401 g/mol. The molecule has 1 heterocycles. The minimum absolute atomic E-state index is 0.173. The van der Waals surface area contributed by atoms with Gasteiger partial charge in [-0.25, -0.2) is 9.78 Å². The molecule has 0 saturated heterocycles. The molecule has 0 aliphatic rings. The molecule has 0 spiro atoms. The normalized spacial score (nSPS) is 12.5. The van der Waals surface area contributed by atoms with E-state index < -0.39 is 17.8 Å². The van der Waals surface area contributed by atoms with Crippen molar-refractivity contribution in [3.63, 3.8) is 0 Å². The highest BCUT2D eigenvalue weighted by Gasteiger charge is 2.31. The smallest absolute Gasteiger partial charge is 0.416 e. The van der Waals surface area contributed by atoms with Crippen LogP contribution in [0.2, 0.25) is 5.15 Å². The number of hydrogen-bond donors (Lipinski definition) is 1. The number of rotatable bonds is 7. The maximum atomic E-state index is 12.8. The molecule has 0 saturated carbocycles. The molecule has 1 unspecified atom stereocenters. The Morgan fingerprint density at radius 2 is 1.96 bits per heavy atom. The lowest BCUT2D eigenvalue weighted by Gasteiger charge is -2.14. The number of nitrogens with zero attached hydrogens (tertiary/aromatic N) is 1. The third kappa shape index (κ3) is 7.46. The number of aryl methyl sites for hydroxylation is 1. The van der Waals surface area contributed by atoms with Crippen molar-refractivity contribution in [2.45, 2.75) is 45.0 Å². The van der Waals surface area contributed by atoms with Crippen LogP contribution in [0.5, 0.6) is 0 Å². The molecule has 4 nitrogen and oxygen atoms in total. The molecule has 2 aromatic rings. The minimum atomic E-state index is -4.46. The first kappa shape index (κ1) is 21.0. The quantitative estimate of drug-likeness (QED) is 0.634. The van der Waals surface area contributed by atoms with Gasteiger partial charge < -0.3 is 10.1 Å². The van der Waals surface area contributed by atoms with Gasteiger partial charge in [0, 0.05) is 11.7 Å². The van der Waals surface area contributed by atoms with Crippen molar-refractivity contribution < 1.29 is 22.7 Å². The topological polar surface area (TPSA) is 51.2 Å². The van der Waals surface area contributed by atoms with Gasteiger partial charge in [0.2, 0.25) is 0 Å². The Morgan fingerprint density at radius 3 is 2.63 bits per heavy atom. The van der Waals surface area contributed by atoms with Gasteiger partial charge in [-0.2, -0.15) is 13.2 Å². The Morgan fingerprint density at radius 1 is 1.26 bits per heavy atom. The molecule has 0 fully saturated rings. The van der Waals surface area contributed by atoms with Crippen LogP contribution in [-0.2, 0) is 23.9 Å². The monoisotopic (exact) mass is 400 g/mol. The van der Waals surface area contributed by atoms with Gasteiger partial charge in [-0.1, -0.05) is 41.9 Å². The number of ether oxygens (including phenoxy) is 1. The van der Waals surface area contributed by atoms with Crippen molar-refractivity contribution in [2.75, 3.05) is 0 Å². The fourth-order valence-electron chi connectivity index (χ4n) is 2.47. The molecule has 1 atom stereocenters. The van der Waals surface area contributed by atoms with Gasteiger partial charge in [0.15, 0.2) is 0 Å². The molecular formula is C19H20ClF3N2O2. The molecule has 0 radical (unpaired) electrons. The predicted octanol–water partition coefficient (Wildman–Crippen LogP) is 5.39. The highest BCUT2D eigenvalue weighted by atomic mass is 35.5. The molecule has 2 rings (SSSR count). The Labute approximate surface area is 160 Å². The zero-order chi connectivity index (χ0) is 19.9. The molecule has 0 aliphatic carbocycles. The summed E-state index contributed by atoms with van der Waals surface area (Å²) in [5.74, 6) is 0. The Bertz CT molecular complexity index is 754. The van der Waals surface area contributed by atoms with E-state index in [1.807, 2.05) is 30.3 Å². The van der Waals surface area contributed by atoms with Crippen LogP contribution >= 0.6 is 11.6 Å². The summed E-state index contributed by atoms with van der Waals surface area (Å²) < 4.78 is 43.5. The van der Waals surface area contributed by atoms with Crippen molar-refractivity contribution in [3.8, 4) is 0 Å². The molecule has 146 valence electrons. The SMILES string of the molecule is CC(CCCc1cc(C(F)(F)F)cc(Cl)n1)NC(=O)OCc1ccccc1. The molecule has 0 aliphatic heterocycles. The van der Waals surface area contributed by atoms with Gasteiger partial charge in [-0.3, -0.25) is 0 Å². The molecule has 1 N–H and O–H groups in total. The van der Waals surface area contributed by atoms with Gasteiger partial charge in [0.05, 0.1) is 5.56 Å². The fourth-order valence-corrected chi connectivity index (χ4v) is 2.70. The van der Waals surface area contributed by atoms with Crippen LogP contribution in [0, 0.1) is 0 Å². The van der Waals surface area contributed by atoms with Gasteiger partial charge in [0.1, 0.15) is 11.8 Å². The summed E-state index contributed by atoms with van der Waals surface area (Å²) in [5, 5.41) is 2.51. The van der Waals surface area contributed by atoms with Gasteiger partial charge >= 0.3 is 12.3 Å². The van der Waals surface area contributed by atoms with E-state index in [2.05, 4.69) is 10.3 Å². The minimum Gasteiger partial charge on any atom is -0.445 e. The summed E-state index contributed by atoms with van der Waals surface area (Å²) in [6.07, 6.45) is -3.56. The van der Waals surface area contributed by atoms with E-state index in [-0.39, 0.29) is 23.5 Å². The average Bonchev–Trinajstić information content (AvgIpc) is 2.59. The summed E-state index contributed by atoms with van der Waals surface area (Å²) >= 11 is 5.67. The second-order valence-corrected chi connectivity index (χ2v) is 6.55. The lowest BCUT2D eigenvalue weighted by molar-refractivity contribution is -0.137. The summed E-state index contributed by atoms with van der Waals surface area (Å²) in [4.78, 5) is 15.7. The first-order chi connectivity index (χ1) is 12.7. The maximum Gasteiger partial charge on any atom is 0.416 e. The number of alkyl halides is 3. The fraction of sp³-hybridized carbons (Fsp3) is 0.368. The van der Waals surface area contributed by atoms with Crippen molar-refractivity contribution in [3.05, 3.63) is 64.4 Å². The van der Waals surface area contributed by atoms with Crippen molar-refractivity contribution in [2.24, 2.45) is 0 Å². The highest BCUT2D eigenvalue weighted by Crippen LogP contribution is 2.31. The Balaban J connectivity index is 1.75. The van der Waals surface area contributed by atoms with Crippen molar-refractivity contribution in [1.82, 2.24) is 10.3 Å². The van der Waals surface area contributed by atoms with Crippen LogP contribution in [0.3, 0.4) is 0 Å². The number of alkyl carbamates (subject to hydrolysis) is 1. The van der Waals surface area contributed by atoms with E-state index in [9.17, 15) is 18.0 Å². The van der Waals surface area contributed by atoms with Gasteiger partial charge in [-0.05, 0) is 43.9 Å². The number of amides is 1. The molecule has 1 aromatic heterocycles. The summed E-state index contributed by atoms with van der Waals surface area (Å²) in [6.45, 7) is 1.97. The number of carbonyl (C=O) groups excluding carboxylic acids is 1. The third-order valence-electron chi connectivity index (χ3n) is 3.82. The number of aromatic nitrogens is 1. The lowest BCUT2D eigenvalue weighted by atomic mass is 10.1. The zero-order valence-corrected chi connectivity index (χ0v) is 15.5. The second kappa shape index (κ2) is 9.60. The molecular weight excluding hydrogens is 381 g/mol. The van der Waals surface area contributed by atoms with E-state index in [0.29, 0.717) is 19.3 Å². The Hall–Kier alpha value is -2.28. The molecule has 8 heteroatoms. The van der Waals surface area contributed by atoms with E-state index in [4.69, 9.17) is 16.3 Å². The van der Waals surface area contributed by atoms with Crippen LogP contribution in [0.1, 0.15) is 36.6 Å². The first-order valence-corrected chi connectivity index (χ1v) is 8.82. The van der Waals surface area contributed by atoms with Crippen LogP contribution < -0.4 is 5.32 Å². The zero-order valence-electron chi connectivity index (χ0n) is 14.7. The number of pyridine rings is 1. The third-order valence-corrected chi connectivity index (χ3v) is 4.02. The van der Waals surface area contributed by atoms with E-state index in [0.717, 1.165) is 17.7 Å². The van der Waals surface area contributed by atoms with Crippen molar-refractivity contribution in [1.29, 1.82) is 0 Å². The molecule has 27 heavy (non-hydrogen) atoms. The van der Waals surface area contributed by atoms with Crippen LogP contribution in [0.25, 0.3) is 0 Å². The van der Waals surface area contributed by atoms with Crippen LogP contribution in [0.4, 0.5) is 18.0 Å². The molecule has 1 aromatic carbocycles. The summed E-state index contributed by atoms with van der Waals surface area (Å²) in [7, 11) is 0. The molecule has 0 bridgehead atoms. The van der Waals surface area contributed by atoms with Gasteiger partial charge in [0.25, 0.3) is 0 Å². The lowest BCUT2D eigenvalue weighted by Crippen LogP contribution is -2.33. The van der Waals surface area contributed by atoms with Crippen molar-refractivity contribution >= 4 is 17.7 Å². The summed E-state index contributed by atoms with van der Waals surface area (Å²) in [6, 6.07) is 10.9. The van der Waals surface area contributed by atoms with Crippen LogP contribution in [0.15, 0.2) is 42.5 Å². The van der Waals surface area contributed by atoms with Crippen LogP contribution in [-0.4, -0.2) is 17.1 Å². The van der Waals surface area contributed by atoms with Gasteiger partial charge in [-0.15, -0.1) is 0 Å². The molecule has 1 amide bonds. The maximum absolute atomic E-state index is 12.8. The standard InChI is InChI=1S/C19H20ClF3N2O2/c1-13(24-18(26)27-12-14-7-3-2-4-8-14)6-5-9-16-10-15(19(21,22)23)11-17(20)25-16/h2-4,7-8,10-11,13H,5-6,9,12H2,1H3,(H,24,26). The Kier molecular flexibility index (Phi) is 7.47. The highest BCUT2D eigenvalue weighted by molar-refractivity contribution is 6.29. The van der Waals surface area contributed by atoms with E-state index in [1.165, 1.54) is 0 Å². The number of halogens is 4. The predicted molar refractivity (Wildman–Crippen MR) is 96.4 cm³/mol. The number of nitrogens with one attached hydrogen (secondary N) is 1. The van der Waals surface area contributed by atoms with E-state index in [1.54, 1.807) is 6.92 Å². The number of hydrogen-bond acceptors (Lipinski definition) is 3. The van der Waals surface area contributed by atoms with E-state index >= 15 is 0 Å². The summed E-state index contributed by atoms with van der Waals surface area (Å²) in [5.41, 5.74) is 0.342. The second-order valence-electron chi connectivity index (χ2n) is 6.17.